The largest absolute Gasteiger partial charge is 0.493 e. The first-order valence-electron chi connectivity index (χ1n) is 8.42. The summed E-state index contributed by atoms with van der Waals surface area (Å²) in [5.74, 6) is 1.39. The van der Waals surface area contributed by atoms with Crippen LogP contribution in [0.1, 0.15) is 20.8 Å². The third kappa shape index (κ3) is 5.30. The third-order valence-electron chi connectivity index (χ3n) is 3.57. The van der Waals surface area contributed by atoms with Gasteiger partial charge in [0, 0.05) is 17.9 Å². The van der Waals surface area contributed by atoms with E-state index in [4.69, 9.17) is 4.74 Å². The molecule has 2 aromatic rings. The average Bonchev–Trinajstić information content (AvgIpc) is 2.60. The maximum absolute atomic E-state index is 12.4. The first-order chi connectivity index (χ1) is 11.6. The number of para-hydroxylation sites is 1. The van der Waals surface area contributed by atoms with E-state index in [1.807, 2.05) is 61.5 Å². The van der Waals surface area contributed by atoms with Gasteiger partial charge in [0.15, 0.2) is 0 Å². The van der Waals surface area contributed by atoms with Gasteiger partial charge in [0.05, 0.1) is 13.2 Å². The number of anilines is 2. The summed E-state index contributed by atoms with van der Waals surface area (Å²) in [6.45, 7) is 7.82. The van der Waals surface area contributed by atoms with E-state index < -0.39 is 0 Å². The SMILES string of the molecule is CCN(C(=O)CNc1ccc(OCC(C)C)cc1)c1ccccc1. The van der Waals surface area contributed by atoms with Crippen molar-refractivity contribution in [2.24, 2.45) is 5.92 Å². The normalized spacial score (nSPS) is 10.5. The summed E-state index contributed by atoms with van der Waals surface area (Å²) in [5.41, 5.74) is 1.83. The van der Waals surface area contributed by atoms with Gasteiger partial charge in [-0.3, -0.25) is 4.79 Å². The molecule has 2 aromatic carbocycles. The van der Waals surface area contributed by atoms with Crippen molar-refractivity contribution in [3.05, 3.63) is 54.6 Å². The molecule has 0 aliphatic carbocycles. The maximum Gasteiger partial charge on any atom is 0.246 e. The molecule has 24 heavy (non-hydrogen) atoms. The average molecular weight is 326 g/mol. The van der Waals surface area contributed by atoms with Crippen LogP contribution in [0.15, 0.2) is 54.6 Å². The maximum atomic E-state index is 12.4. The molecule has 0 aliphatic heterocycles. The molecule has 0 bridgehead atoms. The molecule has 128 valence electrons. The van der Waals surface area contributed by atoms with Crippen LogP contribution < -0.4 is 15.0 Å². The molecule has 0 atom stereocenters. The third-order valence-corrected chi connectivity index (χ3v) is 3.57. The van der Waals surface area contributed by atoms with Crippen LogP contribution in [0.2, 0.25) is 0 Å². The van der Waals surface area contributed by atoms with Crippen molar-refractivity contribution in [2.45, 2.75) is 20.8 Å². The summed E-state index contributed by atoms with van der Waals surface area (Å²) in [4.78, 5) is 14.2. The minimum atomic E-state index is 0.0452. The number of ether oxygens (including phenoxy) is 1. The molecule has 2 rings (SSSR count). The predicted molar refractivity (Wildman–Crippen MR) is 99.7 cm³/mol. The fourth-order valence-corrected chi connectivity index (χ4v) is 2.32. The Morgan fingerprint density at radius 3 is 2.33 bits per heavy atom. The Hall–Kier alpha value is -2.49. The van der Waals surface area contributed by atoms with Crippen LogP contribution in [-0.2, 0) is 4.79 Å². The summed E-state index contributed by atoms with van der Waals surface area (Å²) >= 11 is 0. The van der Waals surface area contributed by atoms with E-state index in [1.54, 1.807) is 4.90 Å². The van der Waals surface area contributed by atoms with E-state index >= 15 is 0 Å². The Balaban J connectivity index is 1.89. The van der Waals surface area contributed by atoms with E-state index in [9.17, 15) is 4.79 Å². The molecule has 1 amide bonds. The number of nitrogens with zero attached hydrogens (tertiary/aromatic N) is 1. The van der Waals surface area contributed by atoms with E-state index in [0.717, 1.165) is 17.1 Å². The van der Waals surface area contributed by atoms with Gasteiger partial charge in [0.1, 0.15) is 5.75 Å². The number of carbonyl (C=O) groups excluding carboxylic acids is 1. The van der Waals surface area contributed by atoms with Gasteiger partial charge in [0.25, 0.3) is 0 Å². The highest BCUT2D eigenvalue weighted by Gasteiger charge is 2.13. The Bertz CT molecular complexity index is 624. The second kappa shape index (κ2) is 8.96. The first kappa shape index (κ1) is 17.9. The highest BCUT2D eigenvalue weighted by Crippen LogP contribution is 2.17. The van der Waals surface area contributed by atoms with Crippen molar-refractivity contribution in [2.75, 3.05) is 29.9 Å². The van der Waals surface area contributed by atoms with E-state index in [0.29, 0.717) is 19.1 Å². The van der Waals surface area contributed by atoms with Gasteiger partial charge >= 0.3 is 0 Å². The van der Waals surface area contributed by atoms with E-state index in [-0.39, 0.29) is 12.5 Å². The summed E-state index contributed by atoms with van der Waals surface area (Å²) in [7, 11) is 0. The van der Waals surface area contributed by atoms with Crippen LogP contribution in [0.25, 0.3) is 0 Å². The van der Waals surface area contributed by atoms with Crippen LogP contribution in [0.4, 0.5) is 11.4 Å². The number of hydrogen-bond acceptors (Lipinski definition) is 3. The molecule has 1 N–H and O–H groups in total. The Labute approximate surface area is 144 Å². The van der Waals surface area contributed by atoms with Crippen molar-refractivity contribution in [3.63, 3.8) is 0 Å². The molecule has 4 heteroatoms. The standard InChI is InChI=1S/C20H26N2O2/c1-4-22(18-8-6-5-7-9-18)20(23)14-21-17-10-12-19(13-11-17)24-15-16(2)3/h5-13,16,21H,4,14-15H2,1-3H3. The van der Waals surface area contributed by atoms with Gasteiger partial charge in [0.2, 0.25) is 5.91 Å². The topological polar surface area (TPSA) is 41.6 Å². The zero-order valence-electron chi connectivity index (χ0n) is 14.7. The van der Waals surface area contributed by atoms with Crippen LogP contribution in [0.3, 0.4) is 0 Å². The molecular formula is C20H26N2O2. The molecule has 0 spiro atoms. The molecule has 0 aliphatic rings. The van der Waals surface area contributed by atoms with Crippen molar-refractivity contribution in [1.82, 2.24) is 0 Å². The van der Waals surface area contributed by atoms with Gasteiger partial charge in [-0.1, -0.05) is 32.0 Å². The second-order valence-corrected chi connectivity index (χ2v) is 6.06. The lowest BCUT2D eigenvalue weighted by Gasteiger charge is -2.21. The fourth-order valence-electron chi connectivity index (χ4n) is 2.32. The molecule has 0 saturated heterocycles. The van der Waals surface area contributed by atoms with Gasteiger partial charge in [-0.25, -0.2) is 0 Å². The number of benzene rings is 2. The van der Waals surface area contributed by atoms with Crippen molar-refractivity contribution in [1.29, 1.82) is 0 Å². The number of rotatable bonds is 8. The van der Waals surface area contributed by atoms with Gasteiger partial charge in [-0.2, -0.15) is 0 Å². The van der Waals surface area contributed by atoms with Crippen LogP contribution in [-0.4, -0.2) is 25.6 Å². The molecule has 0 unspecified atom stereocenters. The van der Waals surface area contributed by atoms with E-state index in [1.165, 1.54) is 0 Å². The Kier molecular flexibility index (Phi) is 6.67. The highest BCUT2D eigenvalue weighted by atomic mass is 16.5. The molecule has 0 aromatic heterocycles. The lowest BCUT2D eigenvalue weighted by molar-refractivity contribution is -0.116. The van der Waals surface area contributed by atoms with Crippen LogP contribution in [0.5, 0.6) is 5.75 Å². The lowest BCUT2D eigenvalue weighted by atomic mass is 10.2. The zero-order chi connectivity index (χ0) is 17.4. The number of hydrogen-bond donors (Lipinski definition) is 1. The smallest absolute Gasteiger partial charge is 0.246 e. The molecule has 0 saturated carbocycles. The molecular weight excluding hydrogens is 300 g/mol. The number of nitrogens with one attached hydrogen (secondary N) is 1. The molecule has 0 heterocycles. The number of amides is 1. The van der Waals surface area contributed by atoms with Gasteiger partial charge in [-0.05, 0) is 49.2 Å². The number of likely N-dealkylation sites (N-methyl/N-ethyl adjacent to an activating group) is 1. The first-order valence-corrected chi connectivity index (χ1v) is 8.42. The van der Waals surface area contributed by atoms with Crippen molar-refractivity contribution >= 4 is 17.3 Å². The Morgan fingerprint density at radius 2 is 1.75 bits per heavy atom. The minimum absolute atomic E-state index is 0.0452. The predicted octanol–water partition coefficient (Wildman–Crippen LogP) is 4.19. The summed E-state index contributed by atoms with van der Waals surface area (Å²) in [6, 6.07) is 17.4. The minimum Gasteiger partial charge on any atom is -0.493 e. The van der Waals surface area contributed by atoms with Crippen LogP contribution in [0, 0.1) is 5.92 Å². The lowest BCUT2D eigenvalue weighted by Crippen LogP contribution is -2.35. The quantitative estimate of drug-likeness (QED) is 0.791. The summed E-state index contributed by atoms with van der Waals surface area (Å²) in [6.07, 6.45) is 0. The van der Waals surface area contributed by atoms with E-state index in [2.05, 4.69) is 19.2 Å². The molecule has 0 fully saturated rings. The molecule has 0 radical (unpaired) electrons. The zero-order valence-corrected chi connectivity index (χ0v) is 14.7. The van der Waals surface area contributed by atoms with Gasteiger partial charge in [-0.15, -0.1) is 0 Å². The highest BCUT2D eigenvalue weighted by molar-refractivity contribution is 5.96. The monoisotopic (exact) mass is 326 g/mol. The second-order valence-electron chi connectivity index (χ2n) is 6.06. The van der Waals surface area contributed by atoms with Crippen molar-refractivity contribution < 1.29 is 9.53 Å². The van der Waals surface area contributed by atoms with Crippen molar-refractivity contribution in [3.8, 4) is 5.75 Å². The fraction of sp³-hybridized carbons (Fsp3) is 0.350. The number of carbonyl (C=O) groups is 1. The van der Waals surface area contributed by atoms with Crippen LogP contribution >= 0.6 is 0 Å². The summed E-state index contributed by atoms with van der Waals surface area (Å²) in [5, 5.41) is 3.17. The molecule has 4 nitrogen and oxygen atoms in total. The Morgan fingerprint density at radius 1 is 1.08 bits per heavy atom. The van der Waals surface area contributed by atoms with Gasteiger partial charge < -0.3 is 15.0 Å². The summed E-state index contributed by atoms with van der Waals surface area (Å²) < 4.78 is 5.66.